The van der Waals surface area contributed by atoms with Gasteiger partial charge in [-0.1, -0.05) is 35.4 Å². The topological polar surface area (TPSA) is 67.1 Å². The van der Waals surface area contributed by atoms with Crippen LogP contribution in [-0.4, -0.2) is 12.5 Å². The van der Waals surface area contributed by atoms with Crippen molar-refractivity contribution in [2.24, 2.45) is 5.84 Å². The second-order valence-electron chi connectivity index (χ2n) is 4.83. The smallest absolute Gasteiger partial charge is 0.253 e. The lowest BCUT2D eigenvalue weighted by Gasteiger charge is -2.10. The van der Waals surface area contributed by atoms with Gasteiger partial charge in [-0.25, -0.2) is 0 Å². The van der Waals surface area contributed by atoms with Gasteiger partial charge >= 0.3 is 0 Å². The molecule has 2 aromatic rings. The van der Waals surface area contributed by atoms with Gasteiger partial charge in [0.2, 0.25) is 0 Å². The molecule has 0 saturated heterocycles. The van der Waals surface area contributed by atoms with Crippen molar-refractivity contribution in [1.82, 2.24) is 5.32 Å². The third-order valence-corrected chi connectivity index (χ3v) is 3.44. The van der Waals surface area contributed by atoms with Crippen molar-refractivity contribution < 1.29 is 4.79 Å². The van der Waals surface area contributed by atoms with Crippen LogP contribution in [0.4, 0.5) is 5.69 Å². The molecular weight excluding hydrogens is 286 g/mol. The largest absolute Gasteiger partial charge is 0.352 e. The predicted octanol–water partition coefficient (Wildman–Crippen LogP) is 2.91. The number of hydrogen-bond acceptors (Lipinski definition) is 3. The number of nitrogens with two attached hydrogens (primary N) is 1. The summed E-state index contributed by atoms with van der Waals surface area (Å²) in [6.07, 6.45) is 0.750. The van der Waals surface area contributed by atoms with Crippen molar-refractivity contribution in [2.45, 2.75) is 13.3 Å². The Balaban J connectivity index is 1.95. The van der Waals surface area contributed by atoms with Crippen LogP contribution in [0.15, 0.2) is 42.5 Å². The van der Waals surface area contributed by atoms with Gasteiger partial charge in [-0.15, -0.1) is 0 Å². The van der Waals surface area contributed by atoms with Crippen LogP contribution in [0.5, 0.6) is 0 Å². The molecule has 0 aliphatic carbocycles. The molecule has 0 heterocycles. The van der Waals surface area contributed by atoms with E-state index in [1.54, 1.807) is 6.07 Å². The molecule has 0 bridgehead atoms. The second kappa shape index (κ2) is 7.11. The maximum atomic E-state index is 12.2. The quantitative estimate of drug-likeness (QED) is 0.588. The average molecular weight is 304 g/mol. The number of hydrazine groups is 1. The Kier molecular flexibility index (Phi) is 5.20. The van der Waals surface area contributed by atoms with Crippen LogP contribution in [0.3, 0.4) is 0 Å². The van der Waals surface area contributed by atoms with E-state index in [9.17, 15) is 4.79 Å². The molecule has 0 fully saturated rings. The zero-order valence-corrected chi connectivity index (χ0v) is 12.6. The van der Waals surface area contributed by atoms with Crippen LogP contribution >= 0.6 is 11.6 Å². The molecule has 2 aromatic carbocycles. The normalized spacial score (nSPS) is 10.2. The third-order valence-electron chi connectivity index (χ3n) is 3.19. The fourth-order valence-corrected chi connectivity index (χ4v) is 2.16. The Morgan fingerprint density at radius 3 is 2.57 bits per heavy atom. The van der Waals surface area contributed by atoms with Crippen molar-refractivity contribution in [3.05, 3.63) is 64.2 Å². The number of hydrogen-bond donors (Lipinski definition) is 3. The van der Waals surface area contributed by atoms with Crippen molar-refractivity contribution in [1.29, 1.82) is 0 Å². The van der Waals surface area contributed by atoms with Crippen LogP contribution in [0.25, 0.3) is 0 Å². The standard InChI is InChI=1S/C16H18ClN3O/c1-11-2-7-15(20-18)14(10-11)16(21)19-9-8-12-3-5-13(17)6-4-12/h2-7,10,20H,8-9,18H2,1H3,(H,19,21). The number of aryl methyl sites for hydroxylation is 1. The lowest BCUT2D eigenvalue weighted by molar-refractivity contribution is 0.0955. The van der Waals surface area contributed by atoms with Crippen LogP contribution < -0.4 is 16.6 Å². The summed E-state index contributed by atoms with van der Waals surface area (Å²) in [4.78, 5) is 12.2. The highest BCUT2D eigenvalue weighted by molar-refractivity contribution is 6.30. The summed E-state index contributed by atoms with van der Waals surface area (Å²) >= 11 is 5.84. The summed E-state index contributed by atoms with van der Waals surface area (Å²) in [7, 11) is 0. The predicted molar refractivity (Wildman–Crippen MR) is 86.5 cm³/mol. The number of rotatable bonds is 5. The highest BCUT2D eigenvalue weighted by Gasteiger charge is 2.10. The molecule has 0 aromatic heterocycles. The van der Waals surface area contributed by atoms with Gasteiger partial charge in [0.1, 0.15) is 0 Å². The molecule has 0 saturated carbocycles. The molecule has 1 amide bonds. The first-order valence-electron chi connectivity index (χ1n) is 6.70. The Bertz CT molecular complexity index is 626. The highest BCUT2D eigenvalue weighted by Crippen LogP contribution is 2.16. The van der Waals surface area contributed by atoms with E-state index in [-0.39, 0.29) is 5.91 Å². The number of carbonyl (C=O) groups excluding carboxylic acids is 1. The van der Waals surface area contributed by atoms with Crippen LogP contribution in [0.1, 0.15) is 21.5 Å². The Hall–Kier alpha value is -2.04. The molecule has 2 rings (SSSR count). The summed E-state index contributed by atoms with van der Waals surface area (Å²) in [5.74, 6) is 5.29. The molecule has 21 heavy (non-hydrogen) atoms. The van der Waals surface area contributed by atoms with E-state index in [0.29, 0.717) is 22.8 Å². The SMILES string of the molecule is Cc1ccc(NN)c(C(=O)NCCc2ccc(Cl)cc2)c1. The number of carbonyl (C=O) groups is 1. The van der Waals surface area contributed by atoms with E-state index in [4.69, 9.17) is 17.4 Å². The Labute approximate surface area is 129 Å². The van der Waals surface area contributed by atoms with Crippen molar-refractivity contribution in [3.63, 3.8) is 0 Å². The zero-order valence-electron chi connectivity index (χ0n) is 11.8. The molecule has 110 valence electrons. The fraction of sp³-hybridized carbons (Fsp3) is 0.188. The molecule has 5 heteroatoms. The summed E-state index contributed by atoms with van der Waals surface area (Å²) in [5.41, 5.74) is 5.84. The minimum Gasteiger partial charge on any atom is -0.352 e. The van der Waals surface area contributed by atoms with Crippen LogP contribution in [0.2, 0.25) is 5.02 Å². The van der Waals surface area contributed by atoms with E-state index in [1.807, 2.05) is 43.3 Å². The second-order valence-corrected chi connectivity index (χ2v) is 5.26. The molecule has 0 spiro atoms. The van der Waals surface area contributed by atoms with E-state index < -0.39 is 0 Å². The number of anilines is 1. The molecule has 0 unspecified atom stereocenters. The lowest BCUT2D eigenvalue weighted by atomic mass is 10.1. The minimum absolute atomic E-state index is 0.138. The first kappa shape index (κ1) is 15.4. The number of halogens is 1. The Morgan fingerprint density at radius 1 is 1.19 bits per heavy atom. The van der Waals surface area contributed by atoms with Gasteiger partial charge in [0, 0.05) is 11.6 Å². The molecule has 0 aliphatic heterocycles. The van der Waals surface area contributed by atoms with Gasteiger partial charge in [-0.3, -0.25) is 10.6 Å². The van der Waals surface area contributed by atoms with Crippen molar-refractivity contribution >= 4 is 23.2 Å². The van der Waals surface area contributed by atoms with E-state index in [1.165, 1.54) is 0 Å². The van der Waals surface area contributed by atoms with Gasteiger partial charge < -0.3 is 10.7 Å². The summed E-state index contributed by atoms with van der Waals surface area (Å²) in [5, 5.41) is 3.61. The van der Waals surface area contributed by atoms with Gasteiger partial charge in [-0.05, 0) is 43.2 Å². The zero-order chi connectivity index (χ0) is 15.2. The Morgan fingerprint density at radius 2 is 1.90 bits per heavy atom. The maximum Gasteiger partial charge on any atom is 0.253 e. The number of nitrogen functional groups attached to an aromatic ring is 1. The summed E-state index contributed by atoms with van der Waals surface area (Å²) < 4.78 is 0. The third kappa shape index (κ3) is 4.21. The van der Waals surface area contributed by atoms with E-state index >= 15 is 0 Å². The number of nitrogens with one attached hydrogen (secondary N) is 2. The first-order valence-corrected chi connectivity index (χ1v) is 7.08. The van der Waals surface area contributed by atoms with Gasteiger partial charge in [-0.2, -0.15) is 0 Å². The van der Waals surface area contributed by atoms with Crippen LogP contribution in [0, 0.1) is 6.92 Å². The van der Waals surface area contributed by atoms with Gasteiger partial charge in [0.15, 0.2) is 0 Å². The molecular formula is C16H18ClN3O. The summed E-state index contributed by atoms with van der Waals surface area (Å²) in [6.45, 7) is 2.49. The van der Waals surface area contributed by atoms with Crippen molar-refractivity contribution in [2.75, 3.05) is 12.0 Å². The molecule has 4 N–H and O–H groups in total. The molecule has 0 radical (unpaired) electrons. The molecule has 0 aliphatic rings. The maximum absolute atomic E-state index is 12.2. The van der Waals surface area contributed by atoms with E-state index in [0.717, 1.165) is 17.5 Å². The monoisotopic (exact) mass is 303 g/mol. The van der Waals surface area contributed by atoms with Crippen LogP contribution in [-0.2, 0) is 6.42 Å². The minimum atomic E-state index is -0.138. The molecule has 0 atom stereocenters. The summed E-state index contributed by atoms with van der Waals surface area (Å²) in [6, 6.07) is 13.1. The van der Waals surface area contributed by atoms with Gasteiger partial charge in [0.25, 0.3) is 5.91 Å². The number of benzene rings is 2. The lowest BCUT2D eigenvalue weighted by Crippen LogP contribution is -2.27. The first-order chi connectivity index (χ1) is 10.1. The molecule has 4 nitrogen and oxygen atoms in total. The van der Waals surface area contributed by atoms with Gasteiger partial charge in [0.05, 0.1) is 11.3 Å². The fourth-order valence-electron chi connectivity index (χ4n) is 2.04. The number of amides is 1. The average Bonchev–Trinajstić information content (AvgIpc) is 2.49. The van der Waals surface area contributed by atoms with E-state index in [2.05, 4.69) is 10.7 Å². The van der Waals surface area contributed by atoms with Crippen molar-refractivity contribution in [3.8, 4) is 0 Å². The highest BCUT2D eigenvalue weighted by atomic mass is 35.5.